The van der Waals surface area contributed by atoms with Gasteiger partial charge in [0.25, 0.3) is 24.2 Å². The molecule has 2 heterocycles. The quantitative estimate of drug-likeness (QED) is 0.138. The molecule has 1 unspecified atom stereocenters. The van der Waals surface area contributed by atoms with Gasteiger partial charge in [0.05, 0.1) is 28.8 Å². The van der Waals surface area contributed by atoms with Crippen molar-refractivity contribution >= 4 is 40.4 Å². The summed E-state index contributed by atoms with van der Waals surface area (Å²) in [6.45, 7) is 5.91. The van der Waals surface area contributed by atoms with Gasteiger partial charge in [-0.1, -0.05) is 12.2 Å². The Morgan fingerprint density at radius 2 is 1.84 bits per heavy atom. The topological polar surface area (TPSA) is 107 Å². The molecule has 2 fully saturated rings. The van der Waals surface area contributed by atoms with Crippen molar-refractivity contribution in [3.8, 4) is 0 Å². The van der Waals surface area contributed by atoms with Crippen LogP contribution in [0, 0.1) is 5.92 Å². The molecule has 0 spiro atoms. The number of likely N-dealkylation sites (tertiary alicyclic amines) is 1. The minimum absolute atomic E-state index is 0.304. The number of rotatable bonds is 11. The van der Waals surface area contributed by atoms with Crippen molar-refractivity contribution in [2.24, 2.45) is 10.9 Å². The van der Waals surface area contributed by atoms with Crippen LogP contribution >= 0.6 is 12.2 Å². The van der Waals surface area contributed by atoms with Gasteiger partial charge in [0, 0.05) is 29.8 Å². The van der Waals surface area contributed by atoms with Crippen LogP contribution in [0.1, 0.15) is 71.4 Å². The molecule has 240 valence electrons. The molecule has 43 heavy (non-hydrogen) atoms. The molecule has 4 atom stereocenters. The lowest BCUT2D eigenvalue weighted by Crippen LogP contribution is -2.49. The summed E-state index contributed by atoms with van der Waals surface area (Å²) in [6, 6.07) is -4.99. The number of nitrogens with one attached hydrogen (secondary N) is 2. The number of anilines is 1. The highest BCUT2D eigenvalue weighted by Crippen LogP contribution is 2.42. The number of aliphatic imine (C=N–C) groups is 1. The van der Waals surface area contributed by atoms with E-state index in [4.69, 9.17) is 12.2 Å². The predicted octanol–water partition coefficient (Wildman–Crippen LogP) is 4.85. The van der Waals surface area contributed by atoms with E-state index >= 15 is 0 Å². The first kappa shape index (κ1) is 34.6. The number of amides is 2. The Labute approximate surface area is 249 Å². The van der Waals surface area contributed by atoms with E-state index < -0.39 is 101 Å². The third-order valence-electron chi connectivity index (χ3n) is 7.54. The van der Waals surface area contributed by atoms with Crippen molar-refractivity contribution in [2.75, 3.05) is 11.9 Å². The third-order valence-corrected chi connectivity index (χ3v) is 7.98. The van der Waals surface area contributed by atoms with E-state index in [2.05, 4.69) is 20.6 Å². The Morgan fingerprint density at radius 3 is 2.30 bits per heavy atom. The summed E-state index contributed by atoms with van der Waals surface area (Å²) in [5.41, 5.74) is -3.08. The van der Waals surface area contributed by atoms with Crippen molar-refractivity contribution in [2.45, 2.75) is 102 Å². The molecule has 16 heteroatoms. The molecule has 0 radical (unpaired) electrons. The van der Waals surface area contributed by atoms with Crippen molar-refractivity contribution in [1.29, 1.82) is 0 Å². The van der Waals surface area contributed by atoms with Crippen LogP contribution in [0.2, 0.25) is 0 Å². The van der Waals surface area contributed by atoms with Crippen LogP contribution in [-0.4, -0.2) is 85.8 Å². The first-order valence-corrected chi connectivity index (χ1v) is 13.9. The maximum atomic E-state index is 14.2. The number of pyridine rings is 1. The molecule has 0 aromatic carbocycles. The van der Waals surface area contributed by atoms with Gasteiger partial charge in [-0.2, -0.15) is 13.2 Å². The molecule has 2 amide bonds. The molecule has 1 aliphatic heterocycles. The highest BCUT2D eigenvalue weighted by Gasteiger charge is 2.50. The smallest absolute Gasteiger partial charge is 0.388 e. The molecule has 3 N–H and O–H groups in total. The van der Waals surface area contributed by atoms with Crippen molar-refractivity contribution in [3.05, 3.63) is 23.4 Å². The number of carbonyl (C=O) groups excluding carboxylic acids is 2. The zero-order valence-corrected chi connectivity index (χ0v) is 24.9. The van der Waals surface area contributed by atoms with Crippen LogP contribution in [0.15, 0.2) is 17.3 Å². The molecule has 1 aromatic rings. The second-order valence-corrected chi connectivity index (χ2v) is 12.1. The molecule has 2 aliphatic rings. The zero-order valence-electron chi connectivity index (χ0n) is 24.1. The second-order valence-electron chi connectivity index (χ2n) is 11.7. The molecule has 3 rings (SSSR count). The van der Waals surface area contributed by atoms with Crippen molar-refractivity contribution < 1.29 is 45.4 Å². The Morgan fingerprint density at radius 1 is 1.23 bits per heavy atom. The minimum atomic E-state index is -4.66. The van der Waals surface area contributed by atoms with Crippen molar-refractivity contribution in [3.63, 3.8) is 0 Å². The van der Waals surface area contributed by atoms with Crippen LogP contribution < -0.4 is 10.6 Å². The Bertz CT molecular complexity index is 1260. The fourth-order valence-electron chi connectivity index (χ4n) is 4.56. The third kappa shape index (κ3) is 8.61. The monoisotopic (exact) mass is 641 g/mol. The highest BCUT2D eigenvalue weighted by molar-refractivity contribution is 7.81. The van der Waals surface area contributed by atoms with Gasteiger partial charge in [-0.15, -0.1) is 0 Å². The zero-order chi connectivity index (χ0) is 32.7. The fourth-order valence-corrected chi connectivity index (χ4v) is 4.88. The van der Waals surface area contributed by atoms with Crippen LogP contribution in [0.3, 0.4) is 0 Å². The minimum Gasteiger partial charge on any atom is -0.388 e. The van der Waals surface area contributed by atoms with Crippen LogP contribution in [0.5, 0.6) is 0 Å². The Kier molecular flexibility index (Phi) is 10.2. The van der Waals surface area contributed by atoms with E-state index in [1.165, 1.54) is 34.6 Å². The number of halogens is 7. The largest absolute Gasteiger partial charge is 0.408 e. The van der Waals surface area contributed by atoms with E-state index in [9.17, 15) is 45.4 Å². The summed E-state index contributed by atoms with van der Waals surface area (Å²) in [4.78, 5) is 34.5. The Hall–Kier alpha value is -2.88. The van der Waals surface area contributed by atoms with Crippen molar-refractivity contribution in [1.82, 2.24) is 15.2 Å². The van der Waals surface area contributed by atoms with E-state index in [1.54, 1.807) is 0 Å². The number of nitrogens with zero attached hydrogens (tertiary/aromatic N) is 3. The van der Waals surface area contributed by atoms with Crippen LogP contribution in [0.25, 0.3) is 0 Å². The predicted molar refractivity (Wildman–Crippen MR) is 149 cm³/mol. The van der Waals surface area contributed by atoms with Gasteiger partial charge in [0.2, 0.25) is 0 Å². The lowest BCUT2D eigenvalue weighted by molar-refractivity contribution is -0.146. The molecule has 1 aliphatic carbocycles. The normalized spacial score (nSPS) is 21.4. The number of alkyl halides is 7. The number of aromatic nitrogens is 1. The summed E-state index contributed by atoms with van der Waals surface area (Å²) in [7, 11) is 0. The molecule has 1 saturated heterocycles. The summed E-state index contributed by atoms with van der Waals surface area (Å²) < 4.78 is 97.3. The van der Waals surface area contributed by atoms with Gasteiger partial charge in [0.15, 0.2) is 6.04 Å². The number of aliphatic hydroxyl groups is 1. The SMILES string of the molecule is C/C(=N\C(C(=O)N1CC(F)(F)C[C@@H]1C)C(=S)c1cnc(N[C@@H](C2CC2)C(F)(F)F)cc1C(F)F)C(=O)N[C@@H](C)C(C)(C)O. The maximum Gasteiger partial charge on any atom is 0.408 e. The van der Waals surface area contributed by atoms with Gasteiger partial charge >= 0.3 is 6.18 Å². The summed E-state index contributed by atoms with van der Waals surface area (Å²) >= 11 is 5.36. The van der Waals surface area contributed by atoms with Gasteiger partial charge in [-0.05, 0) is 59.4 Å². The van der Waals surface area contributed by atoms with Gasteiger partial charge in [-0.3, -0.25) is 14.6 Å². The molecular weight excluding hydrogens is 607 g/mol. The first-order valence-electron chi connectivity index (χ1n) is 13.5. The lowest BCUT2D eigenvalue weighted by atomic mass is 10.00. The van der Waals surface area contributed by atoms with E-state index in [-0.39, 0.29) is 5.71 Å². The molecule has 0 bridgehead atoms. The van der Waals surface area contributed by atoms with E-state index in [0.29, 0.717) is 18.9 Å². The molecule has 1 aromatic heterocycles. The fraction of sp³-hybridized carbons (Fsp3) is 0.667. The van der Waals surface area contributed by atoms with Gasteiger partial charge < -0.3 is 20.6 Å². The number of hydrogen-bond donors (Lipinski definition) is 3. The summed E-state index contributed by atoms with van der Waals surface area (Å²) in [6.07, 6.45) is -7.24. The van der Waals surface area contributed by atoms with Crippen LogP contribution in [-0.2, 0) is 9.59 Å². The van der Waals surface area contributed by atoms with E-state index in [1.807, 2.05) is 0 Å². The average molecular weight is 642 g/mol. The molecule has 8 nitrogen and oxygen atoms in total. The van der Waals surface area contributed by atoms with E-state index in [0.717, 1.165) is 11.1 Å². The maximum absolute atomic E-state index is 14.2. The number of thiocarbonyl (C=S) groups is 1. The van der Waals surface area contributed by atoms with Gasteiger partial charge in [0.1, 0.15) is 11.9 Å². The lowest BCUT2D eigenvalue weighted by Gasteiger charge is -2.28. The first-order chi connectivity index (χ1) is 19.6. The number of hydrogen-bond acceptors (Lipinski definition) is 7. The second kappa shape index (κ2) is 12.6. The summed E-state index contributed by atoms with van der Waals surface area (Å²) in [5, 5.41) is 14.8. The van der Waals surface area contributed by atoms with Gasteiger partial charge in [-0.25, -0.2) is 22.5 Å². The standard InChI is InChI=1S/C27H34F7N5O3S/c1-12-9-26(30,31)11-39(12)24(41)19(36-13(2)23(40)37-14(3)25(4,5)42)20(43)17-10-35-18(8-16(17)22(28)29)38-21(15-6-7-15)27(32,33)34/h8,10,12,14-15,19,21-22,42H,6-7,9,11H2,1-5H3,(H,35,38)(H,37,40)/b36-13+/t12-,14-,19?,21-/m0/s1. The summed E-state index contributed by atoms with van der Waals surface area (Å²) in [5.74, 6) is -6.39. The van der Waals surface area contributed by atoms with Crippen LogP contribution in [0.4, 0.5) is 36.6 Å². The molecule has 1 saturated carbocycles. The number of carbonyl (C=O) groups is 2. The molecular formula is C27H34F7N5O3S. The Balaban J connectivity index is 2.01. The average Bonchev–Trinajstić information content (AvgIpc) is 3.66. The highest BCUT2D eigenvalue weighted by atomic mass is 32.1.